The number of para-hydroxylation sites is 2. The molecule has 4 aromatic heterocycles. The van der Waals surface area contributed by atoms with E-state index in [0.717, 1.165) is 60.8 Å². The summed E-state index contributed by atoms with van der Waals surface area (Å²) in [6, 6.07) is 44.6. The zero-order valence-corrected chi connectivity index (χ0v) is 24.1. The molecule has 45 heavy (non-hydrogen) atoms. The van der Waals surface area contributed by atoms with Crippen molar-refractivity contribution in [2.75, 3.05) is 0 Å². The summed E-state index contributed by atoms with van der Waals surface area (Å²) >= 11 is 0. The molecule has 0 aliphatic carbocycles. The smallest absolute Gasteiger partial charge is 0.150 e. The van der Waals surface area contributed by atoms with Crippen LogP contribution in [0.5, 0.6) is 0 Å². The fourth-order valence-corrected chi connectivity index (χ4v) is 6.75. The van der Waals surface area contributed by atoms with E-state index in [4.69, 9.17) is 4.98 Å². The van der Waals surface area contributed by atoms with E-state index in [1.165, 1.54) is 0 Å². The van der Waals surface area contributed by atoms with Crippen LogP contribution in [0.15, 0.2) is 152 Å². The van der Waals surface area contributed by atoms with Crippen LogP contribution in [0.2, 0.25) is 0 Å². The van der Waals surface area contributed by atoms with Crippen LogP contribution in [0.4, 0.5) is 4.39 Å². The van der Waals surface area contributed by atoms with Crippen molar-refractivity contribution in [2.24, 2.45) is 0 Å². The maximum Gasteiger partial charge on any atom is 0.150 e. The third-order valence-electron chi connectivity index (χ3n) is 8.70. The number of alkyl halides is 1. The van der Waals surface area contributed by atoms with E-state index in [9.17, 15) is 0 Å². The first-order valence-corrected chi connectivity index (χ1v) is 15.0. The van der Waals surface area contributed by atoms with Crippen molar-refractivity contribution in [1.29, 1.82) is 0 Å². The molecule has 0 spiro atoms. The van der Waals surface area contributed by atoms with Gasteiger partial charge in [-0.2, -0.15) is 5.10 Å². The standard InChI is InChI=1S/C39H26FN5/c40-38(26-10-8-13-29(24-26)43-23-9-22-42-43)27-17-18-30-31-19-20-34-37(39(31)45(35(30)25-27)36-16-6-7-21-41-36)32-14-4-5-15-33(32)44(34)28-11-2-1-3-12-28/h1-25,38H. The van der Waals surface area contributed by atoms with Crippen molar-refractivity contribution >= 4 is 43.6 Å². The van der Waals surface area contributed by atoms with E-state index < -0.39 is 6.17 Å². The highest BCUT2D eigenvalue weighted by Crippen LogP contribution is 2.42. The molecule has 0 saturated heterocycles. The van der Waals surface area contributed by atoms with Gasteiger partial charge in [0.15, 0.2) is 6.17 Å². The van der Waals surface area contributed by atoms with Gasteiger partial charge in [-0.1, -0.05) is 72.8 Å². The fraction of sp³-hybridized carbons (Fsp3) is 0.0256. The topological polar surface area (TPSA) is 40.6 Å². The number of fused-ring (bicyclic) bond motifs is 7. The second kappa shape index (κ2) is 10.0. The van der Waals surface area contributed by atoms with Crippen LogP contribution in [-0.4, -0.2) is 23.9 Å². The summed E-state index contributed by atoms with van der Waals surface area (Å²) in [4.78, 5) is 4.80. The van der Waals surface area contributed by atoms with E-state index >= 15 is 4.39 Å². The van der Waals surface area contributed by atoms with Gasteiger partial charge in [-0.3, -0.25) is 4.57 Å². The second-order valence-electron chi connectivity index (χ2n) is 11.3. The molecule has 6 heteroatoms. The Morgan fingerprint density at radius 1 is 0.533 bits per heavy atom. The lowest BCUT2D eigenvalue weighted by Crippen LogP contribution is -2.00. The molecule has 0 aliphatic heterocycles. The molecule has 0 radical (unpaired) electrons. The average molecular weight is 584 g/mol. The molecular weight excluding hydrogens is 557 g/mol. The van der Waals surface area contributed by atoms with Crippen LogP contribution in [0, 0.1) is 0 Å². The SMILES string of the molecule is FC(c1cccc(-n2cccn2)c1)c1ccc2c3ccc4c(c5ccccc5n4-c4ccccc4)c3n(-c3ccccn3)c2c1. The third kappa shape index (κ3) is 3.92. The van der Waals surface area contributed by atoms with Crippen LogP contribution in [0.25, 0.3) is 60.8 Å². The number of benzene rings is 5. The number of halogens is 1. The molecule has 0 saturated carbocycles. The number of hydrogen-bond donors (Lipinski definition) is 0. The van der Waals surface area contributed by atoms with Crippen LogP contribution < -0.4 is 0 Å². The van der Waals surface area contributed by atoms with Gasteiger partial charge in [0, 0.05) is 45.8 Å². The van der Waals surface area contributed by atoms with Crippen LogP contribution in [0.1, 0.15) is 17.3 Å². The normalized spacial score (nSPS) is 12.5. The van der Waals surface area contributed by atoms with Gasteiger partial charge < -0.3 is 4.57 Å². The zero-order chi connectivity index (χ0) is 29.9. The number of rotatable bonds is 5. The van der Waals surface area contributed by atoms with Crippen LogP contribution in [-0.2, 0) is 0 Å². The molecule has 0 bridgehead atoms. The van der Waals surface area contributed by atoms with Crippen molar-refractivity contribution in [3.8, 4) is 17.2 Å². The minimum Gasteiger partial charge on any atom is -0.309 e. The molecular formula is C39H26FN5. The lowest BCUT2D eigenvalue weighted by Gasteiger charge is -2.12. The van der Waals surface area contributed by atoms with E-state index in [2.05, 4.69) is 81.0 Å². The highest BCUT2D eigenvalue weighted by atomic mass is 19.1. The van der Waals surface area contributed by atoms with Crippen molar-refractivity contribution in [3.05, 3.63) is 163 Å². The quantitative estimate of drug-likeness (QED) is 0.202. The Balaban J connectivity index is 1.34. The Labute approximate surface area is 258 Å². The van der Waals surface area contributed by atoms with E-state index in [-0.39, 0.29) is 0 Å². The summed E-state index contributed by atoms with van der Waals surface area (Å²) in [7, 11) is 0. The van der Waals surface area contributed by atoms with Gasteiger partial charge in [0.25, 0.3) is 0 Å². The minimum absolute atomic E-state index is 0.580. The summed E-state index contributed by atoms with van der Waals surface area (Å²) in [6.07, 6.45) is 4.07. The fourth-order valence-electron chi connectivity index (χ4n) is 6.75. The van der Waals surface area contributed by atoms with Gasteiger partial charge in [0.1, 0.15) is 5.82 Å². The summed E-state index contributed by atoms with van der Waals surface area (Å²) < 4.78 is 22.7. The Morgan fingerprint density at radius 3 is 2.18 bits per heavy atom. The molecule has 0 N–H and O–H groups in total. The zero-order valence-electron chi connectivity index (χ0n) is 24.1. The largest absolute Gasteiger partial charge is 0.309 e. The summed E-state index contributed by atoms with van der Waals surface area (Å²) in [5, 5.41) is 8.76. The number of hydrogen-bond acceptors (Lipinski definition) is 2. The molecule has 1 atom stereocenters. The average Bonchev–Trinajstić information content (AvgIpc) is 3.84. The van der Waals surface area contributed by atoms with Crippen molar-refractivity contribution < 1.29 is 4.39 Å². The summed E-state index contributed by atoms with van der Waals surface area (Å²) in [6.45, 7) is 0. The van der Waals surface area contributed by atoms with Gasteiger partial charge in [-0.25, -0.2) is 14.1 Å². The van der Waals surface area contributed by atoms with Gasteiger partial charge >= 0.3 is 0 Å². The highest BCUT2D eigenvalue weighted by molar-refractivity contribution is 6.26. The molecule has 5 aromatic carbocycles. The molecule has 0 fully saturated rings. The van der Waals surface area contributed by atoms with E-state index in [1.54, 1.807) is 10.9 Å². The van der Waals surface area contributed by atoms with Gasteiger partial charge in [0.2, 0.25) is 0 Å². The highest BCUT2D eigenvalue weighted by Gasteiger charge is 2.23. The molecule has 1 unspecified atom stereocenters. The molecule has 5 nitrogen and oxygen atoms in total. The Morgan fingerprint density at radius 2 is 1.33 bits per heavy atom. The second-order valence-corrected chi connectivity index (χ2v) is 11.3. The minimum atomic E-state index is -1.32. The molecule has 214 valence electrons. The number of nitrogens with zero attached hydrogens (tertiary/aromatic N) is 5. The van der Waals surface area contributed by atoms with Gasteiger partial charge in [0.05, 0.1) is 27.8 Å². The lowest BCUT2D eigenvalue weighted by molar-refractivity contribution is 0.402. The number of pyridine rings is 1. The first-order valence-electron chi connectivity index (χ1n) is 15.0. The van der Waals surface area contributed by atoms with Crippen LogP contribution in [0.3, 0.4) is 0 Å². The number of aromatic nitrogens is 5. The van der Waals surface area contributed by atoms with E-state index in [1.807, 2.05) is 79.1 Å². The predicted molar refractivity (Wildman–Crippen MR) is 179 cm³/mol. The maximum absolute atomic E-state index is 16.4. The predicted octanol–water partition coefficient (Wildman–Crippen LogP) is 9.52. The molecule has 9 rings (SSSR count). The van der Waals surface area contributed by atoms with E-state index in [0.29, 0.717) is 11.1 Å². The monoisotopic (exact) mass is 583 g/mol. The third-order valence-corrected chi connectivity index (χ3v) is 8.70. The van der Waals surface area contributed by atoms with Crippen molar-refractivity contribution in [2.45, 2.75) is 6.17 Å². The summed E-state index contributed by atoms with van der Waals surface area (Å²) in [5.41, 5.74) is 7.29. The van der Waals surface area contributed by atoms with Gasteiger partial charge in [-0.05, 0) is 71.8 Å². The molecule has 0 amide bonds. The van der Waals surface area contributed by atoms with Gasteiger partial charge in [-0.15, -0.1) is 0 Å². The van der Waals surface area contributed by atoms with Crippen LogP contribution >= 0.6 is 0 Å². The first kappa shape index (κ1) is 25.5. The van der Waals surface area contributed by atoms with Crippen molar-refractivity contribution in [3.63, 3.8) is 0 Å². The first-order chi connectivity index (χ1) is 22.3. The summed E-state index contributed by atoms with van der Waals surface area (Å²) in [5.74, 6) is 0.787. The maximum atomic E-state index is 16.4. The van der Waals surface area contributed by atoms with Crippen molar-refractivity contribution in [1.82, 2.24) is 23.9 Å². The Kier molecular flexibility index (Phi) is 5.68. The molecule has 9 aromatic rings. The Hall–Kier alpha value is -6.01. The molecule has 4 heterocycles. The lowest BCUT2D eigenvalue weighted by atomic mass is 10.0. The Bertz CT molecular complexity index is 2490. The molecule has 0 aliphatic rings.